The van der Waals surface area contributed by atoms with E-state index in [-0.39, 0.29) is 0 Å². The Hall–Kier alpha value is -1.60. The molecule has 124 valence electrons. The molecule has 23 heavy (non-hydrogen) atoms. The molecule has 0 amide bonds. The van der Waals surface area contributed by atoms with Crippen LogP contribution in [-0.4, -0.2) is 12.6 Å². The first-order valence-electron chi connectivity index (χ1n) is 8.98. The van der Waals surface area contributed by atoms with Crippen molar-refractivity contribution in [3.05, 3.63) is 70.8 Å². The SMILES string of the molecule is Cc1ccc(CCC(C)NCCCCc2ccccc2)cc1C. The summed E-state index contributed by atoms with van der Waals surface area (Å²) in [4.78, 5) is 0. The highest BCUT2D eigenvalue weighted by molar-refractivity contribution is 5.29. The second-order valence-electron chi connectivity index (χ2n) is 6.76. The molecule has 0 saturated carbocycles. The number of aryl methyl sites for hydroxylation is 4. The van der Waals surface area contributed by atoms with Gasteiger partial charge in [-0.1, -0.05) is 48.5 Å². The van der Waals surface area contributed by atoms with Gasteiger partial charge >= 0.3 is 0 Å². The fourth-order valence-corrected chi connectivity index (χ4v) is 2.89. The maximum absolute atomic E-state index is 3.67. The van der Waals surface area contributed by atoms with Crippen LogP contribution in [0, 0.1) is 13.8 Å². The van der Waals surface area contributed by atoms with Crippen molar-refractivity contribution in [1.82, 2.24) is 5.32 Å². The Bertz CT molecular complexity index is 574. The predicted molar refractivity (Wildman–Crippen MR) is 101 cm³/mol. The molecule has 0 aromatic heterocycles. The third-order valence-corrected chi connectivity index (χ3v) is 4.67. The van der Waals surface area contributed by atoms with Crippen molar-refractivity contribution in [2.45, 2.75) is 58.9 Å². The summed E-state index contributed by atoms with van der Waals surface area (Å²) >= 11 is 0. The maximum Gasteiger partial charge on any atom is 0.00418 e. The second-order valence-corrected chi connectivity index (χ2v) is 6.76. The van der Waals surface area contributed by atoms with Gasteiger partial charge in [-0.15, -0.1) is 0 Å². The minimum atomic E-state index is 0.591. The summed E-state index contributed by atoms with van der Waals surface area (Å²) in [5, 5.41) is 3.67. The van der Waals surface area contributed by atoms with Crippen LogP contribution < -0.4 is 5.32 Å². The van der Waals surface area contributed by atoms with Crippen molar-refractivity contribution in [3.63, 3.8) is 0 Å². The first-order valence-corrected chi connectivity index (χ1v) is 8.98. The average Bonchev–Trinajstić information content (AvgIpc) is 2.56. The van der Waals surface area contributed by atoms with Gasteiger partial charge in [0.25, 0.3) is 0 Å². The lowest BCUT2D eigenvalue weighted by Crippen LogP contribution is -2.27. The lowest BCUT2D eigenvalue weighted by atomic mass is 10.0. The summed E-state index contributed by atoms with van der Waals surface area (Å²) in [5.74, 6) is 0. The number of benzene rings is 2. The molecule has 1 nitrogen and oxygen atoms in total. The van der Waals surface area contributed by atoms with Crippen LogP contribution in [0.4, 0.5) is 0 Å². The third-order valence-electron chi connectivity index (χ3n) is 4.67. The molecule has 1 unspecified atom stereocenters. The Labute approximate surface area is 142 Å². The summed E-state index contributed by atoms with van der Waals surface area (Å²) < 4.78 is 0. The molecule has 0 aliphatic carbocycles. The zero-order valence-electron chi connectivity index (χ0n) is 14.9. The highest BCUT2D eigenvalue weighted by Crippen LogP contribution is 2.12. The number of rotatable bonds is 9. The zero-order valence-corrected chi connectivity index (χ0v) is 14.9. The van der Waals surface area contributed by atoms with E-state index in [0.717, 1.165) is 6.54 Å². The molecular formula is C22H31N. The molecule has 1 N–H and O–H groups in total. The van der Waals surface area contributed by atoms with E-state index in [4.69, 9.17) is 0 Å². The molecule has 1 heteroatoms. The molecule has 1 atom stereocenters. The van der Waals surface area contributed by atoms with Crippen LogP contribution >= 0.6 is 0 Å². The van der Waals surface area contributed by atoms with Crippen molar-refractivity contribution in [1.29, 1.82) is 0 Å². The summed E-state index contributed by atoms with van der Waals surface area (Å²) in [5.41, 5.74) is 5.71. The van der Waals surface area contributed by atoms with Gasteiger partial charge < -0.3 is 5.32 Å². The van der Waals surface area contributed by atoms with Gasteiger partial charge in [0.05, 0.1) is 0 Å². The van der Waals surface area contributed by atoms with Gasteiger partial charge in [-0.05, 0) is 81.7 Å². The van der Waals surface area contributed by atoms with E-state index in [1.165, 1.54) is 54.4 Å². The van der Waals surface area contributed by atoms with E-state index in [9.17, 15) is 0 Å². The standard InChI is InChI=1S/C22H31N/c1-18-12-14-22(17-19(18)2)15-13-20(3)23-16-8-7-11-21-9-5-4-6-10-21/h4-6,9-10,12,14,17,20,23H,7-8,11,13,15-16H2,1-3H3. The topological polar surface area (TPSA) is 12.0 Å². The zero-order chi connectivity index (χ0) is 16.5. The van der Waals surface area contributed by atoms with E-state index in [0.29, 0.717) is 6.04 Å². The van der Waals surface area contributed by atoms with E-state index < -0.39 is 0 Å². The van der Waals surface area contributed by atoms with Crippen LogP contribution in [0.1, 0.15) is 48.4 Å². The summed E-state index contributed by atoms with van der Waals surface area (Å²) in [6, 6.07) is 18.2. The molecular weight excluding hydrogens is 278 g/mol. The smallest absolute Gasteiger partial charge is 0.00418 e. The molecule has 0 heterocycles. The van der Waals surface area contributed by atoms with Crippen LogP contribution in [0.3, 0.4) is 0 Å². The van der Waals surface area contributed by atoms with Crippen molar-refractivity contribution in [2.75, 3.05) is 6.54 Å². The monoisotopic (exact) mass is 309 g/mol. The van der Waals surface area contributed by atoms with Crippen molar-refractivity contribution in [3.8, 4) is 0 Å². The lowest BCUT2D eigenvalue weighted by Gasteiger charge is -2.14. The van der Waals surface area contributed by atoms with Gasteiger partial charge in [-0.3, -0.25) is 0 Å². The third kappa shape index (κ3) is 6.58. The molecule has 0 bridgehead atoms. The molecule has 2 rings (SSSR count). The van der Waals surface area contributed by atoms with Gasteiger partial charge in [-0.2, -0.15) is 0 Å². The molecule has 0 fully saturated rings. The van der Waals surface area contributed by atoms with Gasteiger partial charge in [0.1, 0.15) is 0 Å². The van der Waals surface area contributed by atoms with E-state index >= 15 is 0 Å². The first-order chi connectivity index (χ1) is 11.1. The Morgan fingerprint density at radius 3 is 2.35 bits per heavy atom. The molecule has 0 aliphatic rings. The first kappa shape index (κ1) is 17.7. The number of hydrogen-bond acceptors (Lipinski definition) is 1. The van der Waals surface area contributed by atoms with Gasteiger partial charge in [0.15, 0.2) is 0 Å². The van der Waals surface area contributed by atoms with Crippen LogP contribution in [0.5, 0.6) is 0 Å². The highest BCUT2D eigenvalue weighted by Gasteiger charge is 2.03. The van der Waals surface area contributed by atoms with Crippen LogP contribution in [0.25, 0.3) is 0 Å². The fraction of sp³-hybridized carbons (Fsp3) is 0.455. The highest BCUT2D eigenvalue weighted by atomic mass is 14.9. The van der Waals surface area contributed by atoms with Crippen LogP contribution in [0.2, 0.25) is 0 Å². The Balaban J connectivity index is 1.58. The largest absolute Gasteiger partial charge is 0.314 e. The minimum Gasteiger partial charge on any atom is -0.314 e. The second kappa shape index (κ2) is 9.52. The molecule has 2 aromatic carbocycles. The van der Waals surface area contributed by atoms with Crippen molar-refractivity contribution < 1.29 is 0 Å². The Morgan fingerprint density at radius 2 is 1.61 bits per heavy atom. The van der Waals surface area contributed by atoms with E-state index in [1.54, 1.807) is 0 Å². The fourth-order valence-electron chi connectivity index (χ4n) is 2.89. The minimum absolute atomic E-state index is 0.591. The number of hydrogen-bond donors (Lipinski definition) is 1. The molecule has 0 spiro atoms. The Morgan fingerprint density at radius 1 is 0.826 bits per heavy atom. The van der Waals surface area contributed by atoms with Gasteiger partial charge in [-0.25, -0.2) is 0 Å². The van der Waals surface area contributed by atoms with Crippen LogP contribution in [0.15, 0.2) is 48.5 Å². The van der Waals surface area contributed by atoms with E-state index in [2.05, 4.69) is 74.6 Å². The molecule has 0 aliphatic heterocycles. The quantitative estimate of drug-likeness (QED) is 0.625. The summed E-state index contributed by atoms with van der Waals surface area (Å²) in [6.45, 7) is 7.81. The Kier molecular flexibility index (Phi) is 7.35. The van der Waals surface area contributed by atoms with Crippen LogP contribution in [-0.2, 0) is 12.8 Å². The lowest BCUT2D eigenvalue weighted by molar-refractivity contribution is 0.500. The van der Waals surface area contributed by atoms with Gasteiger partial charge in [0.2, 0.25) is 0 Å². The van der Waals surface area contributed by atoms with E-state index in [1.807, 2.05) is 0 Å². The molecule has 0 radical (unpaired) electrons. The predicted octanol–water partition coefficient (Wildman–Crippen LogP) is 5.24. The summed E-state index contributed by atoms with van der Waals surface area (Å²) in [7, 11) is 0. The number of nitrogens with one attached hydrogen (secondary N) is 1. The van der Waals surface area contributed by atoms with Crippen molar-refractivity contribution >= 4 is 0 Å². The normalized spacial score (nSPS) is 12.3. The molecule has 0 saturated heterocycles. The van der Waals surface area contributed by atoms with Gasteiger partial charge in [0, 0.05) is 6.04 Å². The van der Waals surface area contributed by atoms with Crippen molar-refractivity contribution in [2.24, 2.45) is 0 Å². The molecule has 2 aromatic rings. The maximum atomic E-state index is 3.67. The average molecular weight is 309 g/mol. The number of unbranched alkanes of at least 4 members (excludes halogenated alkanes) is 1. The summed E-state index contributed by atoms with van der Waals surface area (Å²) in [6.07, 6.45) is 6.09.